The van der Waals surface area contributed by atoms with Crippen molar-refractivity contribution in [2.45, 2.75) is 12.5 Å². The smallest absolute Gasteiger partial charge is 0.512 e. The Morgan fingerprint density at radius 2 is 2.20 bits per heavy atom. The molecule has 0 aliphatic carbocycles. The summed E-state index contributed by atoms with van der Waals surface area (Å²) in [5.74, 6) is -0.901. The predicted octanol–water partition coefficient (Wildman–Crippen LogP) is 1.32. The van der Waals surface area contributed by atoms with E-state index in [0.29, 0.717) is 0 Å². The van der Waals surface area contributed by atoms with Crippen molar-refractivity contribution < 1.29 is 18.8 Å². The number of nitrogens with zero attached hydrogens (tertiary/aromatic N) is 1. The molecule has 58 valence electrons. The zero-order chi connectivity index (χ0) is 8.36. The van der Waals surface area contributed by atoms with Gasteiger partial charge in [-0.05, 0) is 0 Å². The molecule has 0 radical (unpaired) electrons. The number of nitro groups is 1. The SMILES string of the molecule is C=C(O)CC(F)(F)[N+](=O)[O-]. The van der Waals surface area contributed by atoms with Crippen LogP contribution in [0.1, 0.15) is 6.42 Å². The highest BCUT2D eigenvalue weighted by atomic mass is 19.3. The van der Waals surface area contributed by atoms with Crippen LogP contribution in [0.4, 0.5) is 8.78 Å². The van der Waals surface area contributed by atoms with Crippen LogP contribution in [0.5, 0.6) is 0 Å². The van der Waals surface area contributed by atoms with E-state index in [-0.39, 0.29) is 0 Å². The summed E-state index contributed by atoms with van der Waals surface area (Å²) >= 11 is 0. The summed E-state index contributed by atoms with van der Waals surface area (Å²) in [6.07, 6.45) is -1.33. The molecule has 0 bridgehead atoms. The monoisotopic (exact) mass is 153 g/mol. The van der Waals surface area contributed by atoms with Gasteiger partial charge in [-0.1, -0.05) is 6.58 Å². The third-order valence-corrected chi connectivity index (χ3v) is 0.684. The van der Waals surface area contributed by atoms with Gasteiger partial charge in [0, 0.05) is 0 Å². The van der Waals surface area contributed by atoms with Gasteiger partial charge in [0.15, 0.2) is 0 Å². The molecule has 10 heavy (non-hydrogen) atoms. The van der Waals surface area contributed by atoms with E-state index in [1.54, 1.807) is 0 Å². The van der Waals surface area contributed by atoms with Crippen LogP contribution in [0.3, 0.4) is 0 Å². The Kier molecular flexibility index (Phi) is 2.28. The minimum absolute atomic E-state index is 0.901. The summed E-state index contributed by atoms with van der Waals surface area (Å²) in [4.78, 5) is 7.69. The fourth-order valence-electron chi connectivity index (χ4n) is 0.310. The van der Waals surface area contributed by atoms with E-state index in [2.05, 4.69) is 6.58 Å². The Balaban J connectivity index is 4.13. The Morgan fingerprint density at radius 1 is 1.80 bits per heavy atom. The lowest BCUT2D eigenvalue weighted by atomic mass is 10.3. The van der Waals surface area contributed by atoms with Crippen molar-refractivity contribution in [3.8, 4) is 0 Å². The number of aliphatic hydroxyl groups is 1. The molecule has 0 heterocycles. The van der Waals surface area contributed by atoms with E-state index < -0.39 is 23.1 Å². The van der Waals surface area contributed by atoms with Crippen molar-refractivity contribution in [2.24, 2.45) is 0 Å². The number of hydrogen-bond donors (Lipinski definition) is 1. The fraction of sp³-hybridized carbons (Fsp3) is 0.500. The molecule has 0 spiro atoms. The first-order valence-electron chi connectivity index (χ1n) is 2.25. The maximum atomic E-state index is 11.9. The first-order chi connectivity index (χ1) is 4.36. The molecule has 0 fully saturated rings. The van der Waals surface area contributed by atoms with Crippen LogP contribution in [-0.4, -0.2) is 16.1 Å². The van der Waals surface area contributed by atoms with Gasteiger partial charge in [-0.3, -0.25) is 10.1 Å². The molecule has 0 unspecified atom stereocenters. The second kappa shape index (κ2) is 2.59. The number of aliphatic hydroxyl groups excluding tert-OH is 1. The van der Waals surface area contributed by atoms with Gasteiger partial charge in [0.2, 0.25) is 0 Å². The summed E-state index contributed by atoms with van der Waals surface area (Å²) < 4.78 is 23.8. The highest BCUT2D eigenvalue weighted by Crippen LogP contribution is 2.21. The highest BCUT2D eigenvalue weighted by molar-refractivity contribution is 4.81. The van der Waals surface area contributed by atoms with E-state index >= 15 is 0 Å². The molecule has 0 aromatic carbocycles. The zero-order valence-electron chi connectivity index (χ0n) is 4.88. The fourth-order valence-corrected chi connectivity index (χ4v) is 0.310. The molecule has 0 saturated heterocycles. The van der Waals surface area contributed by atoms with E-state index in [1.165, 1.54) is 0 Å². The molecule has 0 aliphatic heterocycles. The molecule has 1 N–H and O–H groups in total. The topological polar surface area (TPSA) is 63.4 Å². The van der Waals surface area contributed by atoms with Crippen LogP contribution >= 0.6 is 0 Å². The maximum absolute atomic E-state index is 11.9. The van der Waals surface area contributed by atoms with Gasteiger partial charge in [-0.2, -0.15) is 0 Å². The van der Waals surface area contributed by atoms with E-state index in [1.807, 2.05) is 0 Å². The summed E-state index contributed by atoms with van der Waals surface area (Å²) in [5, 5.41) is 17.6. The van der Waals surface area contributed by atoms with Crippen LogP contribution in [-0.2, 0) is 0 Å². The first-order valence-corrected chi connectivity index (χ1v) is 2.25. The van der Waals surface area contributed by atoms with Crippen LogP contribution < -0.4 is 0 Å². The van der Waals surface area contributed by atoms with Crippen molar-refractivity contribution in [1.82, 2.24) is 0 Å². The van der Waals surface area contributed by atoms with Gasteiger partial charge in [-0.25, -0.2) is 0 Å². The van der Waals surface area contributed by atoms with Gasteiger partial charge in [0.1, 0.15) is 6.42 Å². The number of hydrogen-bond acceptors (Lipinski definition) is 3. The van der Waals surface area contributed by atoms with Crippen LogP contribution in [0.15, 0.2) is 12.3 Å². The Hall–Kier alpha value is -1.20. The normalized spacial score (nSPS) is 11.0. The maximum Gasteiger partial charge on any atom is 0.517 e. The molecule has 6 heteroatoms. The average Bonchev–Trinajstić information content (AvgIpc) is 1.60. The van der Waals surface area contributed by atoms with Gasteiger partial charge in [-0.15, -0.1) is 8.78 Å². The molecule has 0 rings (SSSR count). The number of alkyl halides is 2. The molecular weight excluding hydrogens is 148 g/mol. The number of halogens is 2. The first kappa shape index (κ1) is 8.80. The minimum atomic E-state index is -4.11. The number of rotatable bonds is 3. The van der Waals surface area contributed by atoms with Crippen molar-refractivity contribution >= 4 is 0 Å². The summed E-state index contributed by atoms with van der Waals surface area (Å²) in [5.41, 5.74) is 0. The molecule has 4 nitrogen and oxygen atoms in total. The molecule has 0 aliphatic rings. The van der Waals surface area contributed by atoms with Crippen LogP contribution in [0.2, 0.25) is 0 Å². The Bertz CT molecular complexity index is 168. The molecule has 0 saturated carbocycles. The highest BCUT2D eigenvalue weighted by Gasteiger charge is 2.44. The van der Waals surface area contributed by atoms with E-state index in [0.717, 1.165) is 0 Å². The molecule has 0 atom stereocenters. The average molecular weight is 153 g/mol. The van der Waals surface area contributed by atoms with Crippen molar-refractivity contribution in [3.63, 3.8) is 0 Å². The Morgan fingerprint density at radius 3 is 2.30 bits per heavy atom. The molecule has 0 aromatic heterocycles. The predicted molar refractivity (Wildman–Crippen MR) is 28.3 cm³/mol. The van der Waals surface area contributed by atoms with Crippen LogP contribution in [0, 0.1) is 10.1 Å². The summed E-state index contributed by atoms with van der Waals surface area (Å²) in [6.45, 7) is 2.69. The largest absolute Gasteiger partial charge is 0.517 e. The third-order valence-electron chi connectivity index (χ3n) is 0.684. The summed E-state index contributed by atoms with van der Waals surface area (Å²) in [7, 11) is 0. The molecule has 0 aromatic rings. The second-order valence-corrected chi connectivity index (χ2v) is 1.67. The lowest BCUT2D eigenvalue weighted by molar-refractivity contribution is -0.643. The van der Waals surface area contributed by atoms with Gasteiger partial charge in [0.25, 0.3) is 0 Å². The zero-order valence-corrected chi connectivity index (χ0v) is 4.88. The minimum Gasteiger partial charge on any atom is -0.512 e. The summed E-state index contributed by atoms with van der Waals surface area (Å²) in [6, 6.07) is -4.11. The van der Waals surface area contributed by atoms with Gasteiger partial charge >= 0.3 is 6.05 Å². The second-order valence-electron chi connectivity index (χ2n) is 1.67. The lowest BCUT2D eigenvalue weighted by Crippen LogP contribution is -2.27. The van der Waals surface area contributed by atoms with E-state index in [9.17, 15) is 18.9 Å². The third kappa shape index (κ3) is 2.38. The standard InChI is InChI=1S/C4H5F2NO3/c1-3(8)2-4(5,6)7(9)10/h8H,1-2H2. The van der Waals surface area contributed by atoms with Gasteiger partial charge < -0.3 is 5.11 Å². The van der Waals surface area contributed by atoms with Crippen molar-refractivity contribution in [2.75, 3.05) is 0 Å². The quantitative estimate of drug-likeness (QED) is 0.288. The van der Waals surface area contributed by atoms with E-state index in [4.69, 9.17) is 5.11 Å². The molecule has 0 amide bonds. The molecular formula is C4H5F2NO3. The Labute approximate surface area is 54.9 Å². The van der Waals surface area contributed by atoms with Gasteiger partial charge in [0.05, 0.1) is 10.7 Å². The lowest BCUT2D eigenvalue weighted by Gasteiger charge is -2.04. The van der Waals surface area contributed by atoms with Crippen molar-refractivity contribution in [3.05, 3.63) is 22.5 Å². The van der Waals surface area contributed by atoms with Crippen LogP contribution in [0.25, 0.3) is 0 Å². The van der Waals surface area contributed by atoms with Crippen molar-refractivity contribution in [1.29, 1.82) is 0 Å².